The third-order valence-corrected chi connectivity index (χ3v) is 2.95. The van der Waals surface area contributed by atoms with Crippen molar-refractivity contribution < 1.29 is 4.79 Å². The van der Waals surface area contributed by atoms with Gasteiger partial charge in [0.15, 0.2) is 0 Å². The van der Waals surface area contributed by atoms with Gasteiger partial charge in [0.05, 0.1) is 0 Å². The number of carbonyl (C=O) groups is 1. The van der Waals surface area contributed by atoms with E-state index in [4.69, 9.17) is 0 Å². The summed E-state index contributed by atoms with van der Waals surface area (Å²) in [6.07, 6.45) is 4.51. The van der Waals surface area contributed by atoms with Gasteiger partial charge in [0, 0.05) is 13.0 Å². The molecule has 2 heteroatoms. The maximum atomic E-state index is 11.5. The lowest BCUT2D eigenvalue weighted by Gasteiger charge is -2.18. The van der Waals surface area contributed by atoms with Crippen molar-refractivity contribution in [2.75, 3.05) is 6.54 Å². The van der Waals surface area contributed by atoms with Gasteiger partial charge in [-0.1, -0.05) is 20.4 Å². The Morgan fingerprint density at radius 2 is 2.23 bits per heavy atom. The highest BCUT2D eigenvalue weighted by Crippen LogP contribution is 2.24. The van der Waals surface area contributed by atoms with E-state index in [1.165, 1.54) is 0 Å². The molecule has 0 aliphatic carbocycles. The molecule has 2 nitrogen and oxygen atoms in total. The molecule has 0 saturated carbocycles. The van der Waals surface area contributed by atoms with Gasteiger partial charge in [0.1, 0.15) is 0 Å². The van der Waals surface area contributed by atoms with Crippen molar-refractivity contribution in [1.82, 2.24) is 4.90 Å². The van der Waals surface area contributed by atoms with Gasteiger partial charge in [-0.2, -0.15) is 0 Å². The zero-order valence-corrected chi connectivity index (χ0v) is 8.62. The van der Waals surface area contributed by atoms with Crippen LogP contribution >= 0.6 is 0 Å². The van der Waals surface area contributed by atoms with Gasteiger partial charge in [-0.3, -0.25) is 4.79 Å². The van der Waals surface area contributed by atoms with E-state index >= 15 is 0 Å². The molecule has 0 spiro atoms. The Morgan fingerprint density at radius 3 is 2.77 bits per heavy atom. The second kappa shape index (κ2) is 4.45. The zero-order valence-electron chi connectivity index (χ0n) is 8.62. The number of amides is 1. The molecule has 1 aliphatic rings. The molecule has 1 atom stereocenters. The van der Waals surface area contributed by atoms with Crippen molar-refractivity contribution >= 4 is 5.91 Å². The molecule has 0 aromatic heterocycles. The largest absolute Gasteiger partial charge is 0.320 e. The van der Waals surface area contributed by atoms with Crippen LogP contribution in [0, 0.1) is 11.8 Å². The fraction of sp³-hybridized carbons (Fsp3) is 0.727. The summed E-state index contributed by atoms with van der Waals surface area (Å²) in [7, 11) is 0. The van der Waals surface area contributed by atoms with Crippen LogP contribution in [0.4, 0.5) is 0 Å². The Hall–Kier alpha value is -0.790. The maximum absolute atomic E-state index is 11.5. The minimum Gasteiger partial charge on any atom is -0.320 e. The van der Waals surface area contributed by atoms with Crippen molar-refractivity contribution in [1.29, 1.82) is 0 Å². The number of nitrogens with zero attached hydrogens (tertiary/aromatic N) is 1. The van der Waals surface area contributed by atoms with Gasteiger partial charge < -0.3 is 4.90 Å². The summed E-state index contributed by atoms with van der Waals surface area (Å²) in [6.45, 7) is 8.97. The van der Waals surface area contributed by atoms with Crippen LogP contribution in [-0.2, 0) is 4.79 Å². The van der Waals surface area contributed by atoms with Crippen LogP contribution in [0.5, 0.6) is 0 Å². The highest BCUT2D eigenvalue weighted by Gasteiger charge is 2.22. The fourth-order valence-electron chi connectivity index (χ4n) is 1.89. The van der Waals surface area contributed by atoms with Gasteiger partial charge in [-0.25, -0.2) is 0 Å². The van der Waals surface area contributed by atoms with E-state index in [1.807, 2.05) is 0 Å². The smallest absolute Gasteiger partial charge is 0.226 e. The second-order valence-corrected chi connectivity index (χ2v) is 4.10. The Bertz CT molecular complexity index is 198. The molecule has 1 fully saturated rings. The molecule has 1 heterocycles. The zero-order chi connectivity index (χ0) is 9.84. The summed E-state index contributed by atoms with van der Waals surface area (Å²) in [5.41, 5.74) is 0. The summed E-state index contributed by atoms with van der Waals surface area (Å²) in [6, 6.07) is 0. The Kier molecular flexibility index (Phi) is 3.52. The number of hydrogen-bond donors (Lipinski definition) is 0. The molecule has 0 aromatic rings. The SMILES string of the molecule is C=CN1CCC(C(C)C)CCC1=O. The van der Waals surface area contributed by atoms with Crippen LogP contribution in [0.1, 0.15) is 33.1 Å². The monoisotopic (exact) mass is 181 g/mol. The van der Waals surface area contributed by atoms with Crippen LogP contribution in [0.2, 0.25) is 0 Å². The van der Waals surface area contributed by atoms with Crippen LogP contribution in [0.25, 0.3) is 0 Å². The Labute approximate surface area is 80.6 Å². The first-order valence-electron chi connectivity index (χ1n) is 5.07. The average molecular weight is 181 g/mol. The first-order chi connectivity index (χ1) is 6.15. The molecule has 1 saturated heterocycles. The van der Waals surface area contributed by atoms with Gasteiger partial charge in [-0.15, -0.1) is 0 Å². The lowest BCUT2D eigenvalue weighted by molar-refractivity contribution is -0.128. The van der Waals surface area contributed by atoms with E-state index in [9.17, 15) is 4.79 Å². The van der Waals surface area contributed by atoms with E-state index in [1.54, 1.807) is 11.1 Å². The molecule has 74 valence electrons. The molecule has 1 rings (SSSR count). The summed E-state index contributed by atoms with van der Waals surface area (Å²) >= 11 is 0. The minimum absolute atomic E-state index is 0.234. The predicted octanol–water partition coefficient (Wildman–Crippen LogP) is 2.41. The molecule has 0 N–H and O–H groups in total. The average Bonchev–Trinajstić information content (AvgIpc) is 2.27. The molecule has 1 amide bonds. The van der Waals surface area contributed by atoms with Gasteiger partial charge in [-0.05, 0) is 30.9 Å². The summed E-state index contributed by atoms with van der Waals surface area (Å²) in [5, 5.41) is 0. The summed E-state index contributed by atoms with van der Waals surface area (Å²) in [4.78, 5) is 13.2. The highest BCUT2D eigenvalue weighted by atomic mass is 16.2. The van der Waals surface area contributed by atoms with Crippen molar-refractivity contribution in [2.45, 2.75) is 33.1 Å². The number of hydrogen-bond acceptors (Lipinski definition) is 1. The van der Waals surface area contributed by atoms with E-state index in [0.29, 0.717) is 18.3 Å². The number of carbonyl (C=O) groups excluding carboxylic acids is 1. The Balaban J connectivity index is 2.56. The standard InChI is InChI=1S/C11H19NO/c1-4-12-8-7-10(9(2)3)5-6-11(12)13/h4,9-10H,1,5-8H2,2-3H3. The normalized spacial score (nSPS) is 24.7. The summed E-state index contributed by atoms with van der Waals surface area (Å²) < 4.78 is 0. The second-order valence-electron chi connectivity index (χ2n) is 4.10. The van der Waals surface area contributed by atoms with Gasteiger partial charge in [0.2, 0.25) is 5.91 Å². The van der Waals surface area contributed by atoms with Crippen molar-refractivity contribution in [3.63, 3.8) is 0 Å². The molecule has 0 bridgehead atoms. The Morgan fingerprint density at radius 1 is 1.54 bits per heavy atom. The lowest BCUT2D eigenvalue weighted by atomic mass is 9.89. The molecule has 1 aliphatic heterocycles. The van der Waals surface area contributed by atoms with Crippen molar-refractivity contribution in [3.05, 3.63) is 12.8 Å². The van der Waals surface area contributed by atoms with E-state index in [-0.39, 0.29) is 5.91 Å². The predicted molar refractivity (Wildman–Crippen MR) is 54.1 cm³/mol. The van der Waals surface area contributed by atoms with Crippen LogP contribution < -0.4 is 0 Å². The first kappa shape index (κ1) is 10.3. The number of likely N-dealkylation sites (tertiary alicyclic amines) is 1. The minimum atomic E-state index is 0.234. The maximum Gasteiger partial charge on any atom is 0.226 e. The third-order valence-electron chi connectivity index (χ3n) is 2.95. The topological polar surface area (TPSA) is 20.3 Å². The number of rotatable bonds is 2. The van der Waals surface area contributed by atoms with E-state index in [2.05, 4.69) is 20.4 Å². The molecule has 0 radical (unpaired) electrons. The molecule has 13 heavy (non-hydrogen) atoms. The van der Waals surface area contributed by atoms with Gasteiger partial charge in [0.25, 0.3) is 0 Å². The van der Waals surface area contributed by atoms with Crippen LogP contribution in [0.15, 0.2) is 12.8 Å². The lowest BCUT2D eigenvalue weighted by Crippen LogP contribution is -2.24. The van der Waals surface area contributed by atoms with E-state index < -0.39 is 0 Å². The van der Waals surface area contributed by atoms with Crippen LogP contribution in [-0.4, -0.2) is 17.4 Å². The third kappa shape index (κ3) is 2.58. The summed E-state index contributed by atoms with van der Waals surface area (Å²) in [5.74, 6) is 1.63. The highest BCUT2D eigenvalue weighted by molar-refractivity contribution is 5.77. The van der Waals surface area contributed by atoms with E-state index in [0.717, 1.165) is 19.4 Å². The molecule has 0 aromatic carbocycles. The van der Waals surface area contributed by atoms with Crippen LogP contribution in [0.3, 0.4) is 0 Å². The first-order valence-corrected chi connectivity index (χ1v) is 5.07. The van der Waals surface area contributed by atoms with Gasteiger partial charge >= 0.3 is 0 Å². The van der Waals surface area contributed by atoms with Crippen molar-refractivity contribution in [2.24, 2.45) is 11.8 Å². The van der Waals surface area contributed by atoms with Crippen molar-refractivity contribution in [3.8, 4) is 0 Å². The molecule has 1 unspecified atom stereocenters. The molecular formula is C11H19NO. The quantitative estimate of drug-likeness (QED) is 0.640. The fourth-order valence-corrected chi connectivity index (χ4v) is 1.89. The molecular weight excluding hydrogens is 162 g/mol.